The average molecular weight is 326 g/mol. The lowest BCUT2D eigenvalue weighted by molar-refractivity contribution is 0.138. The predicted octanol–water partition coefficient (Wildman–Crippen LogP) is 2.48. The molecule has 1 fully saturated rings. The molecule has 0 bridgehead atoms. The molecule has 1 aromatic heterocycles. The number of aryl methyl sites for hydroxylation is 1. The van der Waals surface area contributed by atoms with Gasteiger partial charge in [0.1, 0.15) is 6.10 Å². The lowest BCUT2D eigenvalue weighted by Crippen LogP contribution is -2.22. The maximum atomic E-state index is 5.95. The normalized spacial score (nSPS) is 17.7. The van der Waals surface area contributed by atoms with Crippen molar-refractivity contribution in [1.82, 2.24) is 4.98 Å². The van der Waals surface area contributed by atoms with Gasteiger partial charge in [-0.25, -0.2) is 9.98 Å². The van der Waals surface area contributed by atoms with Crippen LogP contribution in [0.5, 0.6) is 5.88 Å². The van der Waals surface area contributed by atoms with E-state index < -0.39 is 0 Å². The molecule has 0 spiro atoms. The molecule has 1 aliphatic heterocycles. The number of guanidine groups is 1. The monoisotopic (exact) mass is 326 g/mol. The maximum absolute atomic E-state index is 5.95. The van der Waals surface area contributed by atoms with Crippen LogP contribution in [0.1, 0.15) is 17.5 Å². The molecule has 1 atom stereocenters. The van der Waals surface area contributed by atoms with Crippen LogP contribution in [0.25, 0.3) is 0 Å². The van der Waals surface area contributed by atoms with E-state index in [0.29, 0.717) is 25.0 Å². The fraction of sp³-hybridized carbons (Fsp3) is 0.333. The summed E-state index contributed by atoms with van der Waals surface area (Å²) in [5, 5.41) is 3.09. The molecule has 24 heavy (non-hydrogen) atoms. The molecular weight excluding hydrogens is 304 g/mol. The molecule has 1 saturated heterocycles. The third-order valence-corrected chi connectivity index (χ3v) is 3.70. The third kappa shape index (κ3) is 4.70. The van der Waals surface area contributed by atoms with E-state index >= 15 is 0 Å². The van der Waals surface area contributed by atoms with Crippen LogP contribution in [0.15, 0.2) is 47.6 Å². The van der Waals surface area contributed by atoms with E-state index in [9.17, 15) is 0 Å². The van der Waals surface area contributed by atoms with Gasteiger partial charge in [-0.1, -0.05) is 12.1 Å². The second kappa shape index (κ2) is 7.79. The predicted molar refractivity (Wildman–Crippen MR) is 94.2 cm³/mol. The molecule has 0 aliphatic carbocycles. The van der Waals surface area contributed by atoms with Crippen molar-refractivity contribution in [2.24, 2.45) is 10.7 Å². The Balaban J connectivity index is 1.58. The molecule has 1 unspecified atom stereocenters. The highest BCUT2D eigenvalue weighted by Gasteiger charge is 2.17. The first-order valence-corrected chi connectivity index (χ1v) is 8.02. The largest absolute Gasteiger partial charge is 0.472 e. The van der Waals surface area contributed by atoms with Gasteiger partial charge in [-0.15, -0.1) is 0 Å². The van der Waals surface area contributed by atoms with Crippen molar-refractivity contribution in [2.75, 3.05) is 18.5 Å². The molecule has 1 aromatic carbocycles. The second-order valence-electron chi connectivity index (χ2n) is 5.80. The van der Waals surface area contributed by atoms with Crippen molar-refractivity contribution in [3.8, 4) is 5.88 Å². The first-order valence-electron chi connectivity index (χ1n) is 8.02. The van der Waals surface area contributed by atoms with Gasteiger partial charge < -0.3 is 20.5 Å². The molecule has 1 aliphatic rings. The first-order chi connectivity index (χ1) is 11.7. The summed E-state index contributed by atoms with van der Waals surface area (Å²) in [4.78, 5) is 8.60. The van der Waals surface area contributed by atoms with E-state index in [4.69, 9.17) is 15.2 Å². The van der Waals surface area contributed by atoms with E-state index in [-0.39, 0.29) is 6.10 Å². The Kier molecular flexibility index (Phi) is 5.28. The molecule has 0 amide bonds. The number of aliphatic imine (C=N–C) groups is 1. The lowest BCUT2D eigenvalue weighted by Gasteiger charge is -2.11. The van der Waals surface area contributed by atoms with Crippen LogP contribution < -0.4 is 15.8 Å². The van der Waals surface area contributed by atoms with E-state index in [1.54, 1.807) is 6.20 Å². The number of nitrogens with one attached hydrogen (secondary N) is 1. The zero-order valence-corrected chi connectivity index (χ0v) is 13.7. The fourth-order valence-corrected chi connectivity index (χ4v) is 2.48. The number of aromatic nitrogens is 1. The number of nitrogens with zero attached hydrogens (tertiary/aromatic N) is 2. The molecule has 0 radical (unpaired) electrons. The topological polar surface area (TPSA) is 81.8 Å². The van der Waals surface area contributed by atoms with Gasteiger partial charge in [-0.2, -0.15) is 0 Å². The average Bonchev–Trinajstić information content (AvgIpc) is 3.06. The molecular formula is C18H22N4O2. The summed E-state index contributed by atoms with van der Waals surface area (Å²) in [7, 11) is 0. The number of hydrogen-bond acceptors (Lipinski definition) is 4. The smallest absolute Gasteiger partial charge is 0.213 e. The van der Waals surface area contributed by atoms with Crippen LogP contribution in [-0.2, 0) is 11.3 Å². The highest BCUT2D eigenvalue weighted by Crippen LogP contribution is 2.16. The number of anilines is 1. The van der Waals surface area contributed by atoms with Crippen LogP contribution in [-0.4, -0.2) is 30.3 Å². The van der Waals surface area contributed by atoms with Gasteiger partial charge in [0.25, 0.3) is 0 Å². The molecule has 2 aromatic rings. The molecule has 2 heterocycles. The van der Waals surface area contributed by atoms with Crippen LogP contribution in [0.4, 0.5) is 5.69 Å². The Morgan fingerprint density at radius 2 is 2.33 bits per heavy atom. The summed E-state index contributed by atoms with van der Waals surface area (Å²) in [6, 6.07) is 11.8. The van der Waals surface area contributed by atoms with E-state index in [1.807, 2.05) is 43.3 Å². The zero-order chi connectivity index (χ0) is 16.8. The third-order valence-electron chi connectivity index (χ3n) is 3.70. The highest BCUT2D eigenvalue weighted by atomic mass is 16.5. The van der Waals surface area contributed by atoms with Crippen LogP contribution in [0.2, 0.25) is 0 Å². The van der Waals surface area contributed by atoms with Crippen molar-refractivity contribution in [2.45, 2.75) is 26.0 Å². The van der Waals surface area contributed by atoms with E-state index in [0.717, 1.165) is 24.3 Å². The number of pyridine rings is 1. The summed E-state index contributed by atoms with van der Waals surface area (Å²) >= 11 is 0. The molecule has 6 heteroatoms. The van der Waals surface area contributed by atoms with Crippen molar-refractivity contribution < 1.29 is 9.47 Å². The van der Waals surface area contributed by atoms with Gasteiger partial charge in [-0.05, 0) is 36.2 Å². The number of benzene rings is 1. The summed E-state index contributed by atoms with van der Waals surface area (Å²) in [6.45, 7) is 3.87. The number of ether oxygens (including phenoxy) is 2. The Labute approximate surface area is 141 Å². The zero-order valence-electron chi connectivity index (χ0n) is 13.7. The summed E-state index contributed by atoms with van der Waals surface area (Å²) in [6.07, 6.45) is 2.71. The van der Waals surface area contributed by atoms with Crippen LogP contribution >= 0.6 is 0 Å². The van der Waals surface area contributed by atoms with E-state index in [2.05, 4.69) is 15.3 Å². The van der Waals surface area contributed by atoms with Gasteiger partial charge in [0.2, 0.25) is 5.88 Å². The summed E-state index contributed by atoms with van der Waals surface area (Å²) in [5.41, 5.74) is 9.04. The van der Waals surface area contributed by atoms with E-state index in [1.165, 1.54) is 5.56 Å². The van der Waals surface area contributed by atoms with Gasteiger partial charge in [0.15, 0.2) is 5.96 Å². The van der Waals surface area contributed by atoms with Crippen LogP contribution in [0.3, 0.4) is 0 Å². The lowest BCUT2D eigenvalue weighted by atomic mass is 10.2. The minimum absolute atomic E-state index is 0.0873. The Morgan fingerprint density at radius 3 is 3.12 bits per heavy atom. The van der Waals surface area contributed by atoms with Gasteiger partial charge in [-0.3, -0.25) is 0 Å². The minimum Gasteiger partial charge on any atom is -0.472 e. The van der Waals surface area contributed by atoms with Crippen molar-refractivity contribution in [1.29, 1.82) is 0 Å². The maximum Gasteiger partial charge on any atom is 0.213 e. The SMILES string of the molecule is Cc1cccc(NC(N)=NCc2ccnc(OC3CCOC3)c2)c1. The Bertz CT molecular complexity index is 712. The molecule has 126 valence electrons. The quantitative estimate of drug-likeness (QED) is 0.651. The van der Waals surface area contributed by atoms with Crippen molar-refractivity contribution in [3.63, 3.8) is 0 Å². The van der Waals surface area contributed by atoms with Crippen LogP contribution in [0, 0.1) is 6.92 Å². The van der Waals surface area contributed by atoms with Gasteiger partial charge in [0, 0.05) is 24.4 Å². The first kappa shape index (κ1) is 16.3. The van der Waals surface area contributed by atoms with Gasteiger partial charge in [0.05, 0.1) is 19.8 Å². The number of rotatable bonds is 5. The number of nitrogens with two attached hydrogens (primary N) is 1. The highest BCUT2D eigenvalue weighted by molar-refractivity contribution is 5.92. The Hall–Kier alpha value is -2.60. The number of hydrogen-bond donors (Lipinski definition) is 2. The standard InChI is InChI=1S/C18H22N4O2/c1-13-3-2-4-15(9-13)22-18(19)21-11-14-5-7-20-17(10-14)24-16-6-8-23-12-16/h2-5,7,9-10,16H,6,8,11-12H2,1H3,(H3,19,21,22). The summed E-state index contributed by atoms with van der Waals surface area (Å²) < 4.78 is 11.1. The Morgan fingerprint density at radius 1 is 1.42 bits per heavy atom. The van der Waals surface area contributed by atoms with Gasteiger partial charge >= 0.3 is 0 Å². The molecule has 3 N–H and O–H groups in total. The molecule has 0 saturated carbocycles. The minimum atomic E-state index is 0.0873. The summed E-state index contributed by atoms with van der Waals surface area (Å²) in [5.74, 6) is 0.979. The second-order valence-corrected chi connectivity index (χ2v) is 5.80. The molecule has 3 rings (SSSR count). The van der Waals surface area contributed by atoms with Crippen molar-refractivity contribution >= 4 is 11.6 Å². The molecule has 6 nitrogen and oxygen atoms in total. The van der Waals surface area contributed by atoms with Crippen molar-refractivity contribution in [3.05, 3.63) is 53.7 Å². The fourth-order valence-electron chi connectivity index (χ4n) is 2.48.